The third-order valence-electron chi connectivity index (χ3n) is 3.54. The zero-order valence-electron chi connectivity index (χ0n) is 12.3. The molecule has 116 valence electrons. The number of ether oxygens (including phenoxy) is 2. The molecule has 21 heavy (non-hydrogen) atoms. The van der Waals surface area contributed by atoms with Gasteiger partial charge in [0.1, 0.15) is 0 Å². The lowest BCUT2D eigenvalue weighted by molar-refractivity contribution is -0.0182. The highest BCUT2D eigenvalue weighted by Crippen LogP contribution is 2.15. The second kappa shape index (κ2) is 7.95. The van der Waals surface area contributed by atoms with Gasteiger partial charge in [0.2, 0.25) is 5.56 Å². The van der Waals surface area contributed by atoms with E-state index in [-0.39, 0.29) is 17.6 Å². The Morgan fingerprint density at radius 2 is 2.14 bits per heavy atom. The molecule has 6 nitrogen and oxygen atoms in total. The monoisotopic (exact) mass is 294 g/mol. The number of piperidine rings is 1. The lowest BCUT2D eigenvalue weighted by atomic mass is 10.1. The van der Waals surface area contributed by atoms with Crippen LogP contribution < -0.4 is 5.56 Å². The molecule has 1 saturated heterocycles. The van der Waals surface area contributed by atoms with Gasteiger partial charge in [-0.3, -0.25) is 9.59 Å². The van der Waals surface area contributed by atoms with E-state index in [9.17, 15) is 9.59 Å². The molecule has 0 aliphatic carbocycles. The van der Waals surface area contributed by atoms with Gasteiger partial charge in [-0.15, -0.1) is 0 Å². The van der Waals surface area contributed by atoms with Crippen molar-refractivity contribution in [3.8, 4) is 0 Å². The smallest absolute Gasteiger partial charge is 0.254 e. The first-order chi connectivity index (χ1) is 10.2. The number of hydrogen-bond donors (Lipinski definition) is 1. The molecule has 1 aliphatic heterocycles. The summed E-state index contributed by atoms with van der Waals surface area (Å²) in [6.45, 7) is 5.18. The summed E-state index contributed by atoms with van der Waals surface area (Å²) >= 11 is 0. The molecule has 0 spiro atoms. The van der Waals surface area contributed by atoms with Crippen LogP contribution in [-0.4, -0.2) is 54.8 Å². The van der Waals surface area contributed by atoms with Gasteiger partial charge in [-0.05, 0) is 25.8 Å². The number of carbonyl (C=O) groups is 1. The minimum atomic E-state index is -0.255. The van der Waals surface area contributed by atoms with Crippen LogP contribution in [0.3, 0.4) is 0 Å². The van der Waals surface area contributed by atoms with Crippen molar-refractivity contribution >= 4 is 5.91 Å². The molecule has 2 rings (SSSR count). The highest BCUT2D eigenvalue weighted by molar-refractivity contribution is 5.94. The first kappa shape index (κ1) is 15.7. The number of pyridine rings is 1. The summed E-state index contributed by atoms with van der Waals surface area (Å²) in [4.78, 5) is 27.8. The summed E-state index contributed by atoms with van der Waals surface area (Å²) in [7, 11) is 0. The van der Waals surface area contributed by atoms with Crippen molar-refractivity contribution in [1.82, 2.24) is 9.88 Å². The van der Waals surface area contributed by atoms with Gasteiger partial charge in [-0.1, -0.05) is 0 Å². The Balaban J connectivity index is 1.78. The van der Waals surface area contributed by atoms with E-state index in [2.05, 4.69) is 4.98 Å². The van der Waals surface area contributed by atoms with E-state index in [1.165, 1.54) is 12.3 Å². The lowest BCUT2D eigenvalue weighted by Crippen LogP contribution is -2.41. The van der Waals surface area contributed by atoms with Crippen molar-refractivity contribution in [3.05, 3.63) is 34.2 Å². The second-order valence-corrected chi connectivity index (χ2v) is 5.00. The van der Waals surface area contributed by atoms with Gasteiger partial charge >= 0.3 is 0 Å². The minimum Gasteiger partial charge on any atom is -0.379 e. The summed E-state index contributed by atoms with van der Waals surface area (Å²) in [5.74, 6) is -0.0890. The SMILES string of the molecule is CCOCCOC1CCN(C(=O)c2cc[nH]c(=O)c2)CC1. The Morgan fingerprint density at radius 1 is 1.38 bits per heavy atom. The molecule has 1 N–H and O–H groups in total. The average molecular weight is 294 g/mol. The molecule has 1 aromatic rings. The molecule has 0 unspecified atom stereocenters. The van der Waals surface area contributed by atoms with Crippen molar-refractivity contribution < 1.29 is 14.3 Å². The largest absolute Gasteiger partial charge is 0.379 e. The number of amides is 1. The third kappa shape index (κ3) is 4.68. The molecule has 1 amide bonds. The standard InChI is InChI=1S/C15H22N2O4/c1-2-20-9-10-21-13-4-7-17(8-5-13)15(19)12-3-6-16-14(18)11-12/h3,6,11,13H,2,4-5,7-10H2,1H3,(H,16,18). The third-order valence-corrected chi connectivity index (χ3v) is 3.54. The molecule has 0 aromatic carbocycles. The van der Waals surface area contributed by atoms with Crippen LogP contribution in [0.2, 0.25) is 0 Å². The molecular weight excluding hydrogens is 272 g/mol. The fourth-order valence-electron chi connectivity index (χ4n) is 2.40. The van der Waals surface area contributed by atoms with E-state index in [0.717, 1.165) is 12.8 Å². The van der Waals surface area contributed by atoms with Crippen molar-refractivity contribution in [2.24, 2.45) is 0 Å². The van der Waals surface area contributed by atoms with Crippen LogP contribution in [0.5, 0.6) is 0 Å². The van der Waals surface area contributed by atoms with Crippen molar-refractivity contribution in [3.63, 3.8) is 0 Å². The fourth-order valence-corrected chi connectivity index (χ4v) is 2.40. The number of H-pyrrole nitrogens is 1. The topological polar surface area (TPSA) is 71.6 Å². The highest BCUT2D eigenvalue weighted by Gasteiger charge is 2.24. The molecule has 0 bridgehead atoms. The number of likely N-dealkylation sites (tertiary alicyclic amines) is 1. The lowest BCUT2D eigenvalue weighted by Gasteiger charge is -2.32. The number of aromatic nitrogens is 1. The van der Waals surface area contributed by atoms with E-state index in [0.29, 0.717) is 38.5 Å². The van der Waals surface area contributed by atoms with Crippen LogP contribution >= 0.6 is 0 Å². The van der Waals surface area contributed by atoms with Crippen LogP contribution in [-0.2, 0) is 9.47 Å². The van der Waals surface area contributed by atoms with Gasteiger partial charge < -0.3 is 19.4 Å². The zero-order chi connectivity index (χ0) is 15.1. The molecule has 0 radical (unpaired) electrons. The molecule has 0 saturated carbocycles. The van der Waals surface area contributed by atoms with Gasteiger partial charge in [-0.2, -0.15) is 0 Å². The summed E-state index contributed by atoms with van der Waals surface area (Å²) in [6, 6.07) is 2.97. The van der Waals surface area contributed by atoms with Crippen LogP contribution in [0.1, 0.15) is 30.1 Å². The van der Waals surface area contributed by atoms with Crippen LogP contribution in [0.25, 0.3) is 0 Å². The Bertz CT molecular complexity index is 506. The molecule has 2 heterocycles. The van der Waals surface area contributed by atoms with Gasteiger partial charge in [0.05, 0.1) is 19.3 Å². The molecule has 6 heteroatoms. The average Bonchev–Trinajstić information content (AvgIpc) is 2.51. The van der Waals surface area contributed by atoms with Crippen LogP contribution in [0, 0.1) is 0 Å². The number of hydrogen-bond acceptors (Lipinski definition) is 4. The van der Waals surface area contributed by atoms with Crippen molar-refractivity contribution in [2.75, 3.05) is 32.9 Å². The van der Waals surface area contributed by atoms with Gasteiger partial charge in [0.15, 0.2) is 0 Å². The van der Waals surface area contributed by atoms with Gasteiger partial charge in [-0.25, -0.2) is 0 Å². The second-order valence-electron chi connectivity index (χ2n) is 5.00. The number of aromatic amines is 1. The van der Waals surface area contributed by atoms with E-state index < -0.39 is 0 Å². The number of nitrogens with one attached hydrogen (secondary N) is 1. The maximum Gasteiger partial charge on any atom is 0.254 e. The predicted molar refractivity (Wildman–Crippen MR) is 78.4 cm³/mol. The number of carbonyl (C=O) groups excluding carboxylic acids is 1. The van der Waals surface area contributed by atoms with Gasteiger partial charge in [0, 0.05) is 37.5 Å². The Kier molecular flexibility index (Phi) is 5.95. The summed E-state index contributed by atoms with van der Waals surface area (Å²) < 4.78 is 11.0. The Hall–Kier alpha value is -1.66. The number of nitrogens with zero attached hydrogens (tertiary/aromatic N) is 1. The quantitative estimate of drug-likeness (QED) is 0.796. The van der Waals surface area contributed by atoms with E-state index in [1.54, 1.807) is 11.0 Å². The Labute approximate surface area is 124 Å². The first-order valence-electron chi connectivity index (χ1n) is 7.38. The summed E-state index contributed by atoms with van der Waals surface area (Å²) in [5, 5.41) is 0. The summed E-state index contributed by atoms with van der Waals surface area (Å²) in [6.07, 6.45) is 3.33. The fraction of sp³-hybridized carbons (Fsp3) is 0.600. The minimum absolute atomic E-state index is 0.0890. The van der Waals surface area contributed by atoms with E-state index >= 15 is 0 Å². The molecule has 1 aliphatic rings. The van der Waals surface area contributed by atoms with Crippen molar-refractivity contribution in [1.29, 1.82) is 0 Å². The maximum absolute atomic E-state index is 12.3. The highest BCUT2D eigenvalue weighted by atomic mass is 16.5. The molecule has 1 aromatic heterocycles. The normalized spacial score (nSPS) is 16.1. The molecule has 1 fully saturated rings. The maximum atomic E-state index is 12.3. The first-order valence-corrected chi connectivity index (χ1v) is 7.38. The summed E-state index contributed by atoms with van der Waals surface area (Å²) in [5.41, 5.74) is 0.185. The van der Waals surface area contributed by atoms with E-state index in [4.69, 9.17) is 9.47 Å². The molecule has 0 atom stereocenters. The zero-order valence-corrected chi connectivity index (χ0v) is 12.3. The molecular formula is C15H22N2O4. The van der Waals surface area contributed by atoms with Crippen LogP contribution in [0.4, 0.5) is 0 Å². The Morgan fingerprint density at radius 3 is 2.81 bits per heavy atom. The van der Waals surface area contributed by atoms with Gasteiger partial charge in [0.25, 0.3) is 5.91 Å². The van der Waals surface area contributed by atoms with Crippen LogP contribution in [0.15, 0.2) is 23.1 Å². The number of rotatable bonds is 6. The van der Waals surface area contributed by atoms with Crippen molar-refractivity contribution in [2.45, 2.75) is 25.9 Å². The van der Waals surface area contributed by atoms with E-state index in [1.807, 2.05) is 6.92 Å². The predicted octanol–water partition coefficient (Wildman–Crippen LogP) is 1.03.